The molecule has 59 heavy (non-hydrogen) atoms. The Morgan fingerprint density at radius 1 is 1.07 bits per heavy atom. The molecule has 0 radical (unpaired) electrons. The first-order valence-electron chi connectivity index (χ1n) is 21.2. The monoisotopic (exact) mass is 837 g/mol. The molecule has 14 nitrogen and oxygen atoms in total. The zero-order valence-corrected chi connectivity index (χ0v) is 35.3. The van der Waals surface area contributed by atoms with Crippen molar-refractivity contribution in [2.24, 2.45) is 11.8 Å². The van der Waals surface area contributed by atoms with Crippen molar-refractivity contribution in [1.29, 1.82) is 0 Å². The minimum Gasteiger partial charge on any atom is -0.497 e. The Labute approximate surface area is 344 Å². The fourth-order valence-corrected chi connectivity index (χ4v) is 10.1. The summed E-state index contributed by atoms with van der Waals surface area (Å²) in [6, 6.07) is 2.98. The summed E-state index contributed by atoms with van der Waals surface area (Å²) in [5.74, 6) is -1.65. The predicted octanol–water partition coefficient (Wildman–Crippen LogP) is 5.79. The van der Waals surface area contributed by atoms with Gasteiger partial charge in [-0.2, -0.15) is 0 Å². The first-order valence-corrected chi connectivity index (χ1v) is 22.6. The number of aromatic nitrogens is 1. The summed E-state index contributed by atoms with van der Waals surface area (Å²) in [6.45, 7) is 6.99. The Kier molecular flexibility index (Phi) is 10.6. The Bertz CT molecular complexity index is 2190. The van der Waals surface area contributed by atoms with E-state index in [2.05, 4.69) is 15.4 Å². The molecule has 320 valence electrons. The van der Waals surface area contributed by atoms with E-state index in [0.29, 0.717) is 59.3 Å². The van der Waals surface area contributed by atoms with E-state index < -0.39 is 80.0 Å². The van der Waals surface area contributed by atoms with Gasteiger partial charge in [-0.1, -0.05) is 38.8 Å². The van der Waals surface area contributed by atoms with Crippen LogP contribution in [0.15, 0.2) is 30.4 Å². The lowest BCUT2D eigenvalue weighted by Crippen LogP contribution is -2.58. The van der Waals surface area contributed by atoms with Crippen molar-refractivity contribution in [3.05, 3.63) is 41.6 Å². The maximum Gasteiger partial charge on any atom is 0.408 e. The molecule has 1 aromatic heterocycles. The molecular formula is C43H56FN5O9S. The SMILES string of the molecule is COc1ccc2nc(C3CC3)c3c(c2c1)[C@H](F)C[C@]1(C[C@H]2C(=O)N[C@]4(C(=O)NS(=O)(=O)C5(C)CC5)C[C@H]4/C=C\CCCCC[C@H](NC(=O)OC(C)C(C)C)C(=O)N2C1)O3. The van der Waals surface area contributed by atoms with Crippen molar-refractivity contribution >= 4 is 44.7 Å². The number of methoxy groups -OCH3 is 1. The second-order valence-electron chi connectivity index (χ2n) is 18.3. The average molecular weight is 838 g/mol. The molecular weight excluding hydrogens is 782 g/mol. The summed E-state index contributed by atoms with van der Waals surface area (Å²) in [5.41, 5.74) is -1.36. The van der Waals surface area contributed by atoms with Crippen molar-refractivity contribution in [2.75, 3.05) is 13.7 Å². The number of alkyl halides is 1. The first-order chi connectivity index (χ1) is 28.0. The van der Waals surface area contributed by atoms with Gasteiger partial charge < -0.3 is 29.7 Å². The third-order valence-electron chi connectivity index (χ3n) is 13.5. The van der Waals surface area contributed by atoms with Crippen LogP contribution in [0.25, 0.3) is 10.9 Å². The number of nitrogens with zero attached hydrogens (tertiary/aromatic N) is 2. The van der Waals surface area contributed by atoms with Gasteiger partial charge in [-0.3, -0.25) is 19.1 Å². The number of nitrogens with one attached hydrogen (secondary N) is 3. The highest BCUT2D eigenvalue weighted by atomic mass is 32.2. The number of hydrogen-bond acceptors (Lipinski definition) is 10. The van der Waals surface area contributed by atoms with Crippen molar-refractivity contribution in [3.8, 4) is 11.5 Å². The van der Waals surface area contributed by atoms with Crippen LogP contribution in [0.1, 0.15) is 128 Å². The number of ether oxygens (including phenoxy) is 3. The highest BCUT2D eigenvalue weighted by molar-refractivity contribution is 7.91. The zero-order valence-electron chi connectivity index (χ0n) is 34.5. The van der Waals surface area contributed by atoms with Crippen LogP contribution in [0.5, 0.6) is 11.5 Å². The molecule has 1 spiro atoms. The third kappa shape index (κ3) is 7.85. The molecule has 2 aromatic rings. The Balaban J connectivity index is 1.16. The maximum absolute atomic E-state index is 17.1. The van der Waals surface area contributed by atoms with Crippen LogP contribution in [-0.2, 0) is 29.1 Å². The number of hydrogen-bond donors (Lipinski definition) is 3. The van der Waals surface area contributed by atoms with Crippen molar-refractivity contribution in [3.63, 3.8) is 0 Å². The van der Waals surface area contributed by atoms with Crippen LogP contribution in [0, 0.1) is 11.8 Å². The van der Waals surface area contributed by atoms with E-state index in [9.17, 15) is 27.6 Å². The van der Waals surface area contributed by atoms with Gasteiger partial charge in [0.2, 0.25) is 21.8 Å². The maximum atomic E-state index is 17.1. The molecule has 8 rings (SSSR count). The molecule has 3 aliphatic heterocycles. The summed E-state index contributed by atoms with van der Waals surface area (Å²) < 4.78 is 62.8. The van der Waals surface area contributed by atoms with Gasteiger partial charge in [0.25, 0.3) is 5.91 Å². The Morgan fingerprint density at radius 2 is 1.83 bits per heavy atom. The van der Waals surface area contributed by atoms with Crippen LogP contribution in [0.2, 0.25) is 0 Å². The van der Waals surface area contributed by atoms with E-state index in [1.807, 2.05) is 26.0 Å². The lowest BCUT2D eigenvalue weighted by atomic mass is 9.85. The number of benzene rings is 1. The largest absolute Gasteiger partial charge is 0.497 e. The predicted molar refractivity (Wildman–Crippen MR) is 216 cm³/mol. The smallest absolute Gasteiger partial charge is 0.408 e. The van der Waals surface area contributed by atoms with Crippen LogP contribution in [0.4, 0.5) is 9.18 Å². The highest BCUT2D eigenvalue weighted by Gasteiger charge is 2.64. The number of alkyl carbamates (subject to hydrolysis) is 1. The summed E-state index contributed by atoms with van der Waals surface area (Å²) >= 11 is 0. The molecule has 3 aliphatic carbocycles. The number of carbonyl (C=O) groups is 4. The lowest BCUT2D eigenvalue weighted by Gasteiger charge is -2.38. The van der Waals surface area contributed by atoms with Crippen molar-refractivity contribution < 1.29 is 46.2 Å². The third-order valence-corrected chi connectivity index (χ3v) is 15.7. The molecule has 6 aliphatic rings. The van der Waals surface area contributed by atoms with Crippen LogP contribution in [0.3, 0.4) is 0 Å². The summed E-state index contributed by atoms with van der Waals surface area (Å²) in [6.07, 6.45) is 6.41. The fourth-order valence-electron chi connectivity index (χ4n) is 8.82. The molecule has 1 aromatic carbocycles. The molecule has 3 saturated carbocycles. The van der Waals surface area contributed by atoms with Crippen LogP contribution in [-0.4, -0.2) is 89.8 Å². The number of fused-ring (bicyclic) bond motifs is 5. The number of rotatable bonds is 8. The standard InChI is InChI=1S/C43H56FN5O9S/c1-24(2)25(3)57-40(53)46-32-12-10-8-6-7-9-11-27-20-43(27,39(52)48-59(54,55)41(4)17-18-41)47-37(50)33-22-42(23-49(33)38(32)51)21-30(44)34-29-19-28(56-5)15-16-31(29)45-35(26-13-14-26)36(34)58-42/h9,11,15-16,19,24-27,30,32-33H,6-8,10,12-14,17-18,20-23H2,1-5H3,(H,46,53)(H,47,50)(H,48,52)/b11-9-/t25?,27-,30-,32+,33+,42-,43-/m1/s1. The lowest BCUT2D eigenvalue weighted by molar-refractivity contribution is -0.141. The summed E-state index contributed by atoms with van der Waals surface area (Å²) in [4.78, 5) is 63.3. The number of allylic oxidation sites excluding steroid dienone is 1. The molecule has 4 fully saturated rings. The van der Waals surface area contributed by atoms with Gasteiger partial charge in [-0.25, -0.2) is 22.6 Å². The quantitative estimate of drug-likeness (QED) is 0.276. The molecule has 1 saturated heterocycles. The fraction of sp³-hybridized carbons (Fsp3) is 0.651. The van der Waals surface area contributed by atoms with E-state index >= 15 is 4.39 Å². The average Bonchev–Trinajstić information content (AvgIpc) is 4.12. The van der Waals surface area contributed by atoms with Gasteiger partial charge in [0, 0.05) is 35.6 Å². The molecule has 3 N–H and O–H groups in total. The molecule has 0 bridgehead atoms. The van der Waals surface area contributed by atoms with Crippen molar-refractivity contribution in [2.45, 2.75) is 151 Å². The topological polar surface area (TPSA) is 182 Å². The number of sulfonamides is 1. The summed E-state index contributed by atoms with van der Waals surface area (Å²) in [7, 11) is -2.51. The van der Waals surface area contributed by atoms with Gasteiger partial charge in [0.15, 0.2) is 0 Å². The minimum atomic E-state index is -4.04. The van der Waals surface area contributed by atoms with Gasteiger partial charge in [0.05, 0.1) is 29.6 Å². The molecule has 4 amide bonds. The highest BCUT2D eigenvalue weighted by Crippen LogP contribution is 2.55. The number of amides is 4. The number of pyridine rings is 1. The van der Waals surface area contributed by atoms with E-state index in [-0.39, 0.29) is 44.1 Å². The number of halogens is 1. The molecule has 1 unspecified atom stereocenters. The second kappa shape index (κ2) is 15.2. The minimum absolute atomic E-state index is 0.0232. The normalized spacial score (nSPS) is 31.3. The van der Waals surface area contributed by atoms with Gasteiger partial charge in [-0.15, -0.1) is 0 Å². The van der Waals surface area contributed by atoms with Crippen molar-refractivity contribution in [1.82, 2.24) is 25.2 Å². The zero-order chi connectivity index (χ0) is 42.1. The van der Waals surface area contributed by atoms with Gasteiger partial charge >= 0.3 is 6.09 Å². The van der Waals surface area contributed by atoms with Gasteiger partial charge in [0.1, 0.15) is 47.0 Å². The van der Waals surface area contributed by atoms with Gasteiger partial charge in [-0.05, 0) is 89.3 Å². The Morgan fingerprint density at radius 3 is 2.53 bits per heavy atom. The van der Waals surface area contributed by atoms with E-state index in [4.69, 9.17) is 19.2 Å². The Hall–Kier alpha value is -4.47. The summed E-state index contributed by atoms with van der Waals surface area (Å²) in [5, 5.41) is 6.23. The van der Waals surface area contributed by atoms with E-state index in [0.717, 1.165) is 25.7 Å². The molecule has 7 atom stereocenters. The van der Waals surface area contributed by atoms with E-state index in [1.165, 1.54) is 12.0 Å². The van der Waals surface area contributed by atoms with Crippen LogP contribution >= 0.6 is 0 Å². The molecule has 16 heteroatoms. The van der Waals surface area contributed by atoms with E-state index in [1.54, 1.807) is 32.0 Å². The first kappa shape index (κ1) is 41.3. The van der Waals surface area contributed by atoms with Crippen LogP contribution < -0.4 is 24.8 Å². The second-order valence-corrected chi connectivity index (χ2v) is 20.5. The number of carbonyl (C=O) groups excluding carboxylic acids is 4. The molecule has 4 heterocycles.